The fourth-order valence-corrected chi connectivity index (χ4v) is 2.53. The Morgan fingerprint density at radius 3 is 2.37 bits per heavy atom. The largest absolute Gasteiger partial charge is 0.290 e. The number of aromatic nitrogens is 3. The van der Waals surface area contributed by atoms with E-state index in [1.54, 1.807) is 4.68 Å². The van der Waals surface area contributed by atoms with E-state index in [2.05, 4.69) is 21.0 Å². The van der Waals surface area contributed by atoms with Gasteiger partial charge in [-0.25, -0.2) is 4.57 Å². The zero-order valence-corrected chi connectivity index (χ0v) is 13.1. The van der Waals surface area contributed by atoms with Gasteiger partial charge in [-0.1, -0.05) is 28.1 Å². The van der Waals surface area contributed by atoms with Gasteiger partial charge in [-0.3, -0.25) is 4.79 Å². The van der Waals surface area contributed by atoms with Crippen molar-refractivity contribution in [1.82, 2.24) is 9.78 Å². The first-order chi connectivity index (χ1) is 8.91. The number of hydrogen-bond donors (Lipinski definition) is 0. The van der Waals surface area contributed by atoms with E-state index in [1.807, 2.05) is 56.7 Å². The molecule has 1 heterocycles. The average molecular weight is 323 g/mol. The van der Waals surface area contributed by atoms with Gasteiger partial charge in [-0.15, -0.1) is 4.68 Å². The lowest BCUT2D eigenvalue weighted by Gasteiger charge is -2.10. The highest BCUT2D eigenvalue weighted by Gasteiger charge is 2.27. The molecule has 1 atom stereocenters. The van der Waals surface area contributed by atoms with E-state index < -0.39 is 0 Å². The highest BCUT2D eigenvalue weighted by Crippen LogP contribution is 2.15. The smallest absolute Gasteiger partial charge is 0.275 e. The molecule has 0 bridgehead atoms. The van der Waals surface area contributed by atoms with Crippen LogP contribution in [0, 0.1) is 13.8 Å². The van der Waals surface area contributed by atoms with Crippen LogP contribution in [0.1, 0.15) is 35.0 Å². The molecule has 5 heteroatoms. The van der Waals surface area contributed by atoms with Crippen molar-refractivity contribution in [1.29, 1.82) is 0 Å². The number of carbonyl (C=O) groups excluding carboxylic acids is 1. The molecule has 0 aliphatic carbocycles. The maximum Gasteiger partial charge on any atom is 0.275 e. The Bertz CT molecular complexity index is 616. The van der Waals surface area contributed by atoms with Crippen LogP contribution >= 0.6 is 15.9 Å². The second-order valence-electron chi connectivity index (χ2n) is 4.64. The summed E-state index contributed by atoms with van der Waals surface area (Å²) < 4.78 is 4.73. The minimum Gasteiger partial charge on any atom is -0.290 e. The summed E-state index contributed by atoms with van der Waals surface area (Å²) in [5, 5.41) is 4.34. The van der Waals surface area contributed by atoms with Crippen molar-refractivity contribution in [3.05, 3.63) is 46.0 Å². The molecule has 1 aromatic carbocycles. The van der Waals surface area contributed by atoms with Crippen LogP contribution in [0.2, 0.25) is 0 Å². The van der Waals surface area contributed by atoms with Crippen LogP contribution < -0.4 is 4.57 Å². The zero-order valence-electron chi connectivity index (χ0n) is 11.5. The molecule has 100 valence electrons. The minimum absolute atomic E-state index is 0.0942. The molecular weight excluding hydrogens is 306 g/mol. The van der Waals surface area contributed by atoms with E-state index in [0.29, 0.717) is 5.56 Å². The molecule has 0 aliphatic rings. The fraction of sp³-hybridized carbons (Fsp3) is 0.357. The van der Waals surface area contributed by atoms with Crippen LogP contribution in [0.15, 0.2) is 28.7 Å². The molecule has 0 saturated carbocycles. The highest BCUT2D eigenvalue weighted by atomic mass is 79.9. The molecule has 0 saturated heterocycles. The lowest BCUT2D eigenvalue weighted by Crippen LogP contribution is -2.46. The minimum atomic E-state index is -0.255. The maximum atomic E-state index is 12.5. The van der Waals surface area contributed by atoms with Gasteiger partial charge in [0.15, 0.2) is 5.78 Å². The summed E-state index contributed by atoms with van der Waals surface area (Å²) in [6.07, 6.45) is 0. The molecule has 2 aromatic rings. The van der Waals surface area contributed by atoms with E-state index in [1.165, 1.54) is 0 Å². The fourth-order valence-electron chi connectivity index (χ4n) is 2.26. The van der Waals surface area contributed by atoms with E-state index >= 15 is 0 Å². The van der Waals surface area contributed by atoms with Gasteiger partial charge in [0.1, 0.15) is 6.04 Å². The van der Waals surface area contributed by atoms with Crippen molar-refractivity contribution < 1.29 is 9.36 Å². The Morgan fingerprint density at radius 2 is 1.89 bits per heavy atom. The van der Waals surface area contributed by atoms with Crippen LogP contribution in [-0.2, 0) is 7.05 Å². The number of ketones is 1. The van der Waals surface area contributed by atoms with Crippen molar-refractivity contribution in [3.8, 4) is 0 Å². The summed E-state index contributed by atoms with van der Waals surface area (Å²) in [6, 6.07) is 7.19. The van der Waals surface area contributed by atoms with Gasteiger partial charge < -0.3 is 0 Å². The Morgan fingerprint density at radius 1 is 1.32 bits per heavy atom. The number of rotatable bonds is 3. The third-order valence-electron chi connectivity index (χ3n) is 3.36. The van der Waals surface area contributed by atoms with Crippen LogP contribution in [0.3, 0.4) is 0 Å². The molecule has 1 unspecified atom stereocenters. The van der Waals surface area contributed by atoms with Crippen molar-refractivity contribution in [2.24, 2.45) is 7.05 Å². The van der Waals surface area contributed by atoms with Crippen LogP contribution in [-0.4, -0.2) is 15.6 Å². The molecule has 0 fully saturated rings. The number of aryl methyl sites for hydroxylation is 2. The number of nitrogens with zero attached hydrogens (tertiary/aromatic N) is 3. The van der Waals surface area contributed by atoms with Crippen molar-refractivity contribution in [2.45, 2.75) is 26.8 Å². The van der Waals surface area contributed by atoms with Crippen LogP contribution in [0.5, 0.6) is 0 Å². The maximum absolute atomic E-state index is 12.5. The molecule has 0 radical (unpaired) electrons. The van der Waals surface area contributed by atoms with Gasteiger partial charge in [-0.2, -0.15) is 0 Å². The summed E-state index contributed by atoms with van der Waals surface area (Å²) in [6.45, 7) is 5.79. The molecule has 19 heavy (non-hydrogen) atoms. The molecule has 2 rings (SSSR count). The van der Waals surface area contributed by atoms with E-state index in [0.717, 1.165) is 16.1 Å². The molecule has 4 nitrogen and oxygen atoms in total. The summed E-state index contributed by atoms with van der Waals surface area (Å²) in [5.41, 5.74) is 0.714. The quantitative estimate of drug-likeness (QED) is 0.643. The summed E-state index contributed by atoms with van der Waals surface area (Å²) in [7, 11) is 1.88. The second-order valence-corrected chi connectivity index (χ2v) is 5.55. The Hall–Kier alpha value is -1.49. The summed E-state index contributed by atoms with van der Waals surface area (Å²) in [4.78, 5) is 12.5. The molecule has 1 aromatic heterocycles. The lowest BCUT2D eigenvalue weighted by atomic mass is 10.1. The Kier molecular flexibility index (Phi) is 3.85. The predicted molar refractivity (Wildman–Crippen MR) is 76.1 cm³/mol. The zero-order chi connectivity index (χ0) is 14.2. The molecule has 0 aliphatic heterocycles. The van der Waals surface area contributed by atoms with E-state index in [4.69, 9.17) is 0 Å². The molecule has 0 N–H and O–H groups in total. The van der Waals surface area contributed by atoms with Crippen molar-refractivity contribution >= 4 is 21.7 Å². The first kappa shape index (κ1) is 13.9. The molecular formula is C14H17BrN3O+. The van der Waals surface area contributed by atoms with Gasteiger partial charge in [0.05, 0.1) is 7.05 Å². The first-order valence-electron chi connectivity index (χ1n) is 6.13. The predicted octanol–water partition coefficient (Wildman–Crippen LogP) is 2.53. The number of hydrogen-bond acceptors (Lipinski definition) is 2. The first-order valence-corrected chi connectivity index (χ1v) is 6.92. The normalized spacial score (nSPS) is 12.5. The van der Waals surface area contributed by atoms with Crippen LogP contribution in [0.25, 0.3) is 0 Å². The third-order valence-corrected chi connectivity index (χ3v) is 3.88. The number of halogens is 1. The van der Waals surface area contributed by atoms with Gasteiger partial charge in [-0.05, 0) is 19.1 Å². The Balaban J connectivity index is 2.36. The Labute approximate surface area is 121 Å². The monoisotopic (exact) mass is 322 g/mol. The van der Waals surface area contributed by atoms with Crippen LogP contribution in [0.4, 0.5) is 0 Å². The second kappa shape index (κ2) is 5.25. The topological polar surface area (TPSA) is 38.8 Å². The van der Waals surface area contributed by atoms with Crippen molar-refractivity contribution in [3.63, 3.8) is 0 Å². The third kappa shape index (κ3) is 2.61. The van der Waals surface area contributed by atoms with Gasteiger partial charge >= 0.3 is 0 Å². The number of carbonyl (C=O) groups is 1. The molecule has 0 spiro atoms. The average Bonchev–Trinajstić information content (AvgIpc) is 2.62. The standard InChI is InChI=1S/C14H17BrN3O/c1-9(18-10(2)16-17(4)11(18)3)14(19)12-5-7-13(15)8-6-12/h5-9H,1-4H3/q+1. The van der Waals surface area contributed by atoms with E-state index in [9.17, 15) is 4.79 Å². The lowest BCUT2D eigenvalue weighted by molar-refractivity contribution is -0.716. The summed E-state index contributed by atoms with van der Waals surface area (Å²) in [5.74, 6) is 1.91. The van der Waals surface area contributed by atoms with Gasteiger partial charge in [0, 0.05) is 29.0 Å². The summed E-state index contributed by atoms with van der Waals surface area (Å²) >= 11 is 3.37. The molecule has 0 amide bonds. The number of benzene rings is 1. The SMILES string of the molecule is Cc1nn(C)c(C)[n+]1C(C)C(=O)c1ccc(Br)cc1. The van der Waals surface area contributed by atoms with E-state index in [-0.39, 0.29) is 11.8 Å². The van der Waals surface area contributed by atoms with Gasteiger partial charge in [0.2, 0.25) is 5.82 Å². The highest BCUT2D eigenvalue weighted by molar-refractivity contribution is 9.10. The van der Waals surface area contributed by atoms with Crippen molar-refractivity contribution in [2.75, 3.05) is 0 Å². The van der Waals surface area contributed by atoms with Gasteiger partial charge in [0.25, 0.3) is 5.82 Å². The number of Topliss-reactive ketones (excluding diaryl/α,β-unsaturated/α-hetero) is 1.